The number of para-hydroxylation sites is 1. The van der Waals surface area contributed by atoms with Gasteiger partial charge in [0.05, 0.1) is 11.1 Å². The average molecular weight is 288 g/mol. The minimum absolute atomic E-state index is 0.122. The fraction of sp³-hybridized carbons (Fsp3) is 0.529. The summed E-state index contributed by atoms with van der Waals surface area (Å²) in [7, 11) is 0. The first-order chi connectivity index (χ1) is 9.77. The lowest BCUT2D eigenvalue weighted by Gasteiger charge is -2.30. The Labute approximate surface area is 125 Å². The number of hydrogen-bond acceptors (Lipinski definition) is 2. The van der Waals surface area contributed by atoms with Crippen LogP contribution in [-0.4, -0.2) is 20.6 Å². The van der Waals surface area contributed by atoms with Gasteiger partial charge in [0, 0.05) is 13.0 Å². The third-order valence-corrected chi connectivity index (χ3v) is 4.53. The van der Waals surface area contributed by atoms with Crippen molar-refractivity contribution >= 4 is 17.0 Å². The van der Waals surface area contributed by atoms with Gasteiger partial charge in [0.2, 0.25) is 0 Å². The van der Waals surface area contributed by atoms with Gasteiger partial charge < -0.3 is 9.67 Å². The molecule has 1 heterocycles. The van der Waals surface area contributed by atoms with E-state index in [2.05, 4.69) is 44.2 Å². The Kier molecular flexibility index (Phi) is 4.08. The van der Waals surface area contributed by atoms with Gasteiger partial charge in [0.15, 0.2) is 0 Å². The zero-order valence-electron chi connectivity index (χ0n) is 13.5. The summed E-state index contributed by atoms with van der Waals surface area (Å²) < 4.78 is 2.18. The molecule has 0 aliphatic rings. The first-order valence-electron chi connectivity index (χ1n) is 7.49. The van der Waals surface area contributed by atoms with Crippen molar-refractivity contribution in [3.8, 4) is 0 Å². The zero-order chi connectivity index (χ0) is 15.8. The van der Waals surface area contributed by atoms with E-state index < -0.39 is 5.97 Å². The molecule has 0 amide bonds. The van der Waals surface area contributed by atoms with E-state index >= 15 is 0 Å². The predicted molar refractivity (Wildman–Crippen MR) is 84.7 cm³/mol. The van der Waals surface area contributed by atoms with Gasteiger partial charge in [-0.25, -0.2) is 9.78 Å². The van der Waals surface area contributed by atoms with E-state index in [0.717, 1.165) is 24.3 Å². The molecule has 4 heteroatoms. The molecule has 1 aromatic carbocycles. The molecule has 2 rings (SSSR count). The molecule has 21 heavy (non-hydrogen) atoms. The van der Waals surface area contributed by atoms with Crippen LogP contribution in [0.5, 0.6) is 0 Å². The van der Waals surface area contributed by atoms with Crippen LogP contribution in [0.3, 0.4) is 0 Å². The molecule has 0 unspecified atom stereocenters. The smallest absolute Gasteiger partial charge is 0.337 e. The quantitative estimate of drug-likeness (QED) is 0.905. The highest BCUT2D eigenvalue weighted by Crippen LogP contribution is 2.31. The molecule has 114 valence electrons. The fourth-order valence-electron chi connectivity index (χ4n) is 2.40. The Balaban J connectivity index is 2.63. The summed E-state index contributed by atoms with van der Waals surface area (Å²) in [5.74, 6) is 0.561. The van der Waals surface area contributed by atoms with Crippen molar-refractivity contribution in [1.82, 2.24) is 9.55 Å². The van der Waals surface area contributed by atoms with Gasteiger partial charge in [0.25, 0.3) is 0 Å². The van der Waals surface area contributed by atoms with E-state index in [1.54, 1.807) is 12.1 Å². The van der Waals surface area contributed by atoms with Gasteiger partial charge in [-0.15, -0.1) is 0 Å². The molecule has 0 saturated carbocycles. The number of aryl methyl sites for hydroxylation is 1. The number of nitrogens with zero attached hydrogens (tertiary/aromatic N) is 2. The molecule has 0 radical (unpaired) electrons. The van der Waals surface area contributed by atoms with Crippen molar-refractivity contribution < 1.29 is 9.90 Å². The van der Waals surface area contributed by atoms with Gasteiger partial charge in [0.1, 0.15) is 11.3 Å². The zero-order valence-corrected chi connectivity index (χ0v) is 13.5. The van der Waals surface area contributed by atoms with E-state index in [1.165, 1.54) is 0 Å². The number of aromatic nitrogens is 2. The molecule has 0 atom stereocenters. The monoisotopic (exact) mass is 288 g/mol. The minimum Gasteiger partial charge on any atom is -0.478 e. The standard InChI is InChI=1S/C17H24N2O2/c1-6-14-18-15-12(16(20)21)8-7-9-13(15)19(14)10-17(4,5)11(2)3/h7-9,11H,6,10H2,1-5H3,(H,20,21). The number of hydrogen-bond donors (Lipinski definition) is 1. The number of carbonyl (C=O) groups is 1. The van der Waals surface area contributed by atoms with Crippen LogP contribution < -0.4 is 0 Å². The maximum absolute atomic E-state index is 11.4. The predicted octanol–water partition coefficient (Wildman–Crippen LogP) is 3.98. The van der Waals surface area contributed by atoms with Crippen LogP contribution in [0.1, 0.15) is 50.8 Å². The number of aromatic carboxylic acids is 1. The molecule has 0 fully saturated rings. The van der Waals surface area contributed by atoms with E-state index in [-0.39, 0.29) is 11.0 Å². The molecular weight excluding hydrogens is 264 g/mol. The molecule has 1 aromatic heterocycles. The highest BCUT2D eigenvalue weighted by Gasteiger charge is 2.26. The Hall–Kier alpha value is -1.84. The van der Waals surface area contributed by atoms with Crippen LogP contribution in [0.25, 0.3) is 11.0 Å². The second-order valence-corrected chi connectivity index (χ2v) is 6.59. The highest BCUT2D eigenvalue weighted by atomic mass is 16.4. The number of rotatable bonds is 5. The van der Waals surface area contributed by atoms with Crippen LogP contribution in [0.15, 0.2) is 18.2 Å². The molecule has 0 aliphatic heterocycles. The number of imidazole rings is 1. The molecular formula is C17H24N2O2. The lowest BCUT2D eigenvalue weighted by Crippen LogP contribution is -2.26. The van der Waals surface area contributed by atoms with Crippen molar-refractivity contribution in [1.29, 1.82) is 0 Å². The summed E-state index contributed by atoms with van der Waals surface area (Å²) in [5.41, 5.74) is 1.92. The van der Waals surface area contributed by atoms with Crippen LogP contribution >= 0.6 is 0 Å². The molecule has 0 aliphatic carbocycles. The van der Waals surface area contributed by atoms with Crippen LogP contribution in [-0.2, 0) is 13.0 Å². The SMILES string of the molecule is CCc1nc2c(C(=O)O)cccc2n1CC(C)(C)C(C)C. The van der Waals surface area contributed by atoms with Crippen molar-refractivity contribution in [2.75, 3.05) is 0 Å². The normalized spacial score (nSPS) is 12.3. The van der Waals surface area contributed by atoms with Crippen molar-refractivity contribution in [3.63, 3.8) is 0 Å². The summed E-state index contributed by atoms with van der Waals surface area (Å²) in [6.07, 6.45) is 0.794. The molecule has 0 saturated heterocycles. The number of benzene rings is 1. The third kappa shape index (κ3) is 2.80. The van der Waals surface area contributed by atoms with Crippen molar-refractivity contribution in [3.05, 3.63) is 29.6 Å². The van der Waals surface area contributed by atoms with E-state index in [1.807, 2.05) is 6.07 Å². The first-order valence-corrected chi connectivity index (χ1v) is 7.49. The number of carboxylic acid groups (broad SMARTS) is 1. The van der Waals surface area contributed by atoms with Crippen LogP contribution in [0.4, 0.5) is 0 Å². The Morgan fingerprint density at radius 3 is 2.57 bits per heavy atom. The van der Waals surface area contributed by atoms with Gasteiger partial charge in [-0.2, -0.15) is 0 Å². The molecule has 0 spiro atoms. The minimum atomic E-state index is -0.920. The molecule has 1 N–H and O–H groups in total. The largest absolute Gasteiger partial charge is 0.478 e. The number of carboxylic acids is 1. The first kappa shape index (κ1) is 15.5. The van der Waals surface area contributed by atoms with Crippen molar-refractivity contribution in [2.24, 2.45) is 11.3 Å². The van der Waals surface area contributed by atoms with Gasteiger partial charge in [-0.1, -0.05) is 40.7 Å². The molecule has 0 bridgehead atoms. The third-order valence-electron chi connectivity index (χ3n) is 4.53. The average Bonchev–Trinajstić information content (AvgIpc) is 2.75. The fourth-order valence-corrected chi connectivity index (χ4v) is 2.40. The lowest BCUT2D eigenvalue weighted by molar-refractivity contribution is 0.0699. The van der Waals surface area contributed by atoms with Crippen LogP contribution in [0.2, 0.25) is 0 Å². The maximum Gasteiger partial charge on any atom is 0.337 e. The topological polar surface area (TPSA) is 55.1 Å². The molecule has 2 aromatic rings. The second-order valence-electron chi connectivity index (χ2n) is 6.59. The molecule has 4 nitrogen and oxygen atoms in total. The van der Waals surface area contributed by atoms with Gasteiger partial charge in [-0.05, 0) is 23.5 Å². The second kappa shape index (κ2) is 5.51. The van der Waals surface area contributed by atoms with E-state index in [9.17, 15) is 9.90 Å². The summed E-state index contributed by atoms with van der Waals surface area (Å²) in [6.45, 7) is 11.8. The highest BCUT2D eigenvalue weighted by molar-refractivity contribution is 6.01. The Morgan fingerprint density at radius 1 is 1.38 bits per heavy atom. The maximum atomic E-state index is 11.4. The lowest BCUT2D eigenvalue weighted by atomic mass is 9.81. The van der Waals surface area contributed by atoms with E-state index in [0.29, 0.717) is 11.4 Å². The van der Waals surface area contributed by atoms with Crippen LogP contribution in [0, 0.1) is 11.3 Å². The van der Waals surface area contributed by atoms with Gasteiger partial charge in [-0.3, -0.25) is 0 Å². The van der Waals surface area contributed by atoms with Crippen molar-refractivity contribution in [2.45, 2.75) is 47.6 Å². The Bertz CT molecular complexity index is 669. The number of fused-ring (bicyclic) bond motifs is 1. The van der Waals surface area contributed by atoms with Gasteiger partial charge >= 0.3 is 5.97 Å². The summed E-state index contributed by atoms with van der Waals surface area (Å²) in [5, 5.41) is 9.33. The summed E-state index contributed by atoms with van der Waals surface area (Å²) in [4.78, 5) is 15.9. The Morgan fingerprint density at radius 2 is 2.05 bits per heavy atom. The summed E-state index contributed by atoms with van der Waals surface area (Å²) in [6, 6.07) is 5.38. The summed E-state index contributed by atoms with van der Waals surface area (Å²) >= 11 is 0. The van der Waals surface area contributed by atoms with E-state index in [4.69, 9.17) is 0 Å².